The zero-order chi connectivity index (χ0) is 23.1. The van der Waals surface area contributed by atoms with E-state index in [1.165, 1.54) is 0 Å². The average molecular weight is 465 g/mol. The Kier molecular flexibility index (Phi) is 3.12. The Hall–Kier alpha value is -3.69. The lowest BCUT2D eigenvalue weighted by atomic mass is 10.0. The second kappa shape index (κ2) is 5.68. The minimum absolute atomic E-state index is 0.619. The quantitative estimate of drug-likeness (QED) is 0.234. The highest BCUT2D eigenvalue weighted by Gasteiger charge is 2.55. The predicted molar refractivity (Wildman–Crippen MR) is 133 cm³/mol. The van der Waals surface area contributed by atoms with Gasteiger partial charge in [-0.05, 0) is 86.3 Å². The van der Waals surface area contributed by atoms with E-state index in [1.54, 1.807) is 0 Å². The molecular formula is C28H20NO4P. The number of nitrogens with zero attached hydrogens (tertiary/aromatic N) is 1. The highest BCUT2D eigenvalue weighted by molar-refractivity contribution is 7.87. The first-order valence-corrected chi connectivity index (χ1v) is 13.1. The van der Waals surface area contributed by atoms with Gasteiger partial charge in [0.1, 0.15) is 34.0 Å². The molecule has 4 aromatic carbocycles. The third-order valence-corrected chi connectivity index (χ3v) is 10.5. The molecule has 4 heterocycles. The Morgan fingerprint density at radius 2 is 1.29 bits per heavy atom. The van der Waals surface area contributed by atoms with Crippen molar-refractivity contribution in [3.05, 3.63) is 70.8 Å². The van der Waals surface area contributed by atoms with E-state index in [-0.39, 0.29) is 0 Å². The molecule has 0 saturated heterocycles. The number of anilines is 3. The molecule has 0 aliphatic carbocycles. The summed E-state index contributed by atoms with van der Waals surface area (Å²) in [6.45, 7) is 8.06. The van der Waals surface area contributed by atoms with E-state index < -0.39 is 7.14 Å². The molecule has 0 spiro atoms. The molecule has 5 nitrogen and oxygen atoms in total. The molecule has 4 aliphatic heterocycles. The molecule has 0 radical (unpaired) electrons. The first kappa shape index (κ1) is 18.7. The Bertz CT molecular complexity index is 1700. The van der Waals surface area contributed by atoms with Crippen molar-refractivity contribution in [2.45, 2.75) is 27.7 Å². The molecule has 0 amide bonds. The van der Waals surface area contributed by atoms with Crippen LogP contribution in [-0.4, -0.2) is 0 Å². The van der Waals surface area contributed by atoms with Crippen LogP contribution in [0.3, 0.4) is 0 Å². The van der Waals surface area contributed by atoms with E-state index in [4.69, 9.17) is 14.2 Å². The van der Waals surface area contributed by atoms with Crippen molar-refractivity contribution in [3.63, 3.8) is 0 Å². The molecule has 8 rings (SSSR count). The van der Waals surface area contributed by atoms with Gasteiger partial charge in [-0.3, -0.25) is 0 Å². The predicted octanol–water partition coefficient (Wildman–Crippen LogP) is 6.66. The van der Waals surface area contributed by atoms with Gasteiger partial charge in [0.2, 0.25) is 0 Å². The van der Waals surface area contributed by atoms with Gasteiger partial charge in [0.05, 0.1) is 22.0 Å². The summed E-state index contributed by atoms with van der Waals surface area (Å²) in [6.07, 6.45) is 0. The molecular weight excluding hydrogens is 445 g/mol. The van der Waals surface area contributed by atoms with E-state index >= 15 is 4.57 Å². The van der Waals surface area contributed by atoms with Crippen LogP contribution in [0.25, 0.3) is 0 Å². The summed E-state index contributed by atoms with van der Waals surface area (Å²) in [7, 11) is -3.29. The van der Waals surface area contributed by atoms with Gasteiger partial charge in [-0.2, -0.15) is 0 Å². The summed E-state index contributed by atoms with van der Waals surface area (Å²) in [4.78, 5) is 2.18. The van der Waals surface area contributed by atoms with E-state index in [0.717, 1.165) is 50.4 Å². The lowest BCUT2D eigenvalue weighted by Crippen LogP contribution is -2.43. The topological polar surface area (TPSA) is 48.0 Å². The summed E-state index contributed by atoms with van der Waals surface area (Å²) in [6, 6.07) is 16.2. The van der Waals surface area contributed by atoms with Crippen LogP contribution in [0.15, 0.2) is 48.5 Å². The van der Waals surface area contributed by atoms with Crippen LogP contribution >= 0.6 is 7.14 Å². The molecule has 34 heavy (non-hydrogen) atoms. The normalized spacial score (nSPS) is 18.9. The molecule has 1 unspecified atom stereocenters. The van der Waals surface area contributed by atoms with Crippen molar-refractivity contribution in [1.29, 1.82) is 0 Å². The fraction of sp³-hybridized carbons (Fsp3) is 0.143. The molecule has 0 saturated carbocycles. The van der Waals surface area contributed by atoms with Gasteiger partial charge in [-0.15, -0.1) is 0 Å². The fourth-order valence-corrected chi connectivity index (χ4v) is 9.38. The summed E-state index contributed by atoms with van der Waals surface area (Å²) in [5.41, 5.74) is 6.58. The van der Waals surface area contributed by atoms with Crippen molar-refractivity contribution >= 4 is 40.1 Å². The van der Waals surface area contributed by atoms with E-state index in [9.17, 15) is 0 Å². The number of fused-ring (bicyclic) bond motifs is 3. The second-order valence-corrected chi connectivity index (χ2v) is 12.2. The van der Waals surface area contributed by atoms with E-state index in [1.807, 2.05) is 51.1 Å². The smallest absolute Gasteiger partial charge is 0.190 e. The number of aryl methyl sites for hydroxylation is 4. The van der Waals surface area contributed by atoms with Gasteiger partial charge in [0, 0.05) is 0 Å². The maximum Gasteiger partial charge on any atom is 0.190 e. The van der Waals surface area contributed by atoms with Crippen molar-refractivity contribution in [2.75, 3.05) is 4.90 Å². The largest absolute Gasteiger partial charge is 0.455 e. The summed E-state index contributed by atoms with van der Waals surface area (Å²) >= 11 is 0. The van der Waals surface area contributed by atoms with Crippen LogP contribution in [0.2, 0.25) is 0 Å². The monoisotopic (exact) mass is 465 g/mol. The van der Waals surface area contributed by atoms with E-state index in [0.29, 0.717) is 39.4 Å². The highest BCUT2D eigenvalue weighted by Crippen LogP contribution is 2.68. The molecule has 0 fully saturated rings. The Morgan fingerprint density at radius 3 is 2.06 bits per heavy atom. The number of hydrogen-bond donors (Lipinski definition) is 0. The lowest BCUT2D eigenvalue weighted by Gasteiger charge is -2.46. The SMILES string of the molecule is Cc1ccc2c(c1)Oc1cc(C)c3c4c1N2c1ccc(C)c2c1P4(=O)c1c(cc(C)cc1O3)O2. The van der Waals surface area contributed by atoms with Gasteiger partial charge >= 0.3 is 0 Å². The molecule has 6 heteroatoms. The first-order chi connectivity index (χ1) is 16.4. The van der Waals surface area contributed by atoms with Crippen LogP contribution in [0.4, 0.5) is 17.1 Å². The fourth-order valence-electron chi connectivity index (χ4n) is 5.84. The minimum atomic E-state index is -3.29. The van der Waals surface area contributed by atoms with Crippen LogP contribution in [0.5, 0.6) is 34.5 Å². The molecule has 0 aromatic heterocycles. The van der Waals surface area contributed by atoms with Gasteiger partial charge < -0.3 is 23.7 Å². The van der Waals surface area contributed by atoms with Gasteiger partial charge in [-0.25, -0.2) is 0 Å². The van der Waals surface area contributed by atoms with Crippen molar-refractivity contribution in [2.24, 2.45) is 0 Å². The van der Waals surface area contributed by atoms with Crippen molar-refractivity contribution < 1.29 is 18.8 Å². The highest BCUT2D eigenvalue weighted by atomic mass is 31.2. The molecule has 4 aromatic rings. The van der Waals surface area contributed by atoms with Crippen LogP contribution in [-0.2, 0) is 4.57 Å². The number of ether oxygens (including phenoxy) is 3. The Labute approximate surface area is 196 Å². The zero-order valence-corrected chi connectivity index (χ0v) is 20.0. The number of benzene rings is 4. The molecule has 166 valence electrons. The molecule has 4 aliphatic rings. The van der Waals surface area contributed by atoms with Crippen molar-refractivity contribution in [1.82, 2.24) is 0 Å². The molecule has 0 N–H and O–H groups in total. The standard InChI is InChI=1S/C28H20NO4P/c1-13-5-7-17-19(9-13)31-20-12-16(4)25-28-23(20)29(17)18-8-6-15(3)24-26(18)34(28,30)27-21(32-24)10-14(2)11-22(27)33-25/h5-12H,1-4H3. The number of rotatable bonds is 0. The Balaban J connectivity index is 1.60. The van der Waals surface area contributed by atoms with Crippen LogP contribution < -0.4 is 35.0 Å². The Morgan fingerprint density at radius 1 is 0.618 bits per heavy atom. The lowest BCUT2D eigenvalue weighted by molar-refractivity contribution is 0.451. The third kappa shape index (κ3) is 1.94. The number of hydrogen-bond acceptors (Lipinski definition) is 5. The third-order valence-electron chi connectivity index (χ3n) is 7.28. The molecule has 0 bridgehead atoms. The summed E-state index contributed by atoms with van der Waals surface area (Å²) in [5.74, 6) is 4.07. The summed E-state index contributed by atoms with van der Waals surface area (Å²) < 4.78 is 35.0. The van der Waals surface area contributed by atoms with Gasteiger partial charge in [0.25, 0.3) is 0 Å². The van der Waals surface area contributed by atoms with Crippen molar-refractivity contribution in [3.8, 4) is 34.5 Å². The first-order valence-electron chi connectivity index (χ1n) is 11.4. The van der Waals surface area contributed by atoms with Gasteiger partial charge in [-0.1, -0.05) is 12.1 Å². The van der Waals surface area contributed by atoms with Crippen LogP contribution in [0.1, 0.15) is 22.3 Å². The minimum Gasteiger partial charge on any atom is -0.455 e. The second-order valence-electron chi connectivity index (χ2n) is 9.63. The maximum absolute atomic E-state index is 15.6. The summed E-state index contributed by atoms with van der Waals surface area (Å²) in [5, 5.41) is 2.13. The van der Waals surface area contributed by atoms with Gasteiger partial charge in [0.15, 0.2) is 18.6 Å². The maximum atomic E-state index is 15.6. The molecule has 1 atom stereocenters. The van der Waals surface area contributed by atoms with Crippen LogP contribution in [0, 0.1) is 27.7 Å². The van der Waals surface area contributed by atoms with E-state index in [2.05, 4.69) is 30.0 Å². The zero-order valence-electron chi connectivity index (χ0n) is 19.1. The average Bonchev–Trinajstić information content (AvgIpc) is 2.78.